The highest BCUT2D eigenvalue weighted by Crippen LogP contribution is 2.17. The molecule has 1 amide bonds. The lowest BCUT2D eigenvalue weighted by Crippen LogP contribution is -2.38. The maximum Gasteiger partial charge on any atom is 0.250 e. The lowest BCUT2D eigenvalue weighted by Gasteiger charge is -2.25. The second-order valence-electron chi connectivity index (χ2n) is 3.76. The fourth-order valence-corrected chi connectivity index (χ4v) is 1.33. The summed E-state index contributed by atoms with van der Waals surface area (Å²) in [5.74, 6) is -0.944. The van der Waals surface area contributed by atoms with Gasteiger partial charge in [-0.15, -0.1) is 0 Å². The molecule has 1 aromatic rings. The van der Waals surface area contributed by atoms with Gasteiger partial charge in [-0.1, -0.05) is 0 Å². The Hall–Kier alpha value is -1.66. The van der Waals surface area contributed by atoms with Gasteiger partial charge in [0.25, 0.3) is 0 Å². The Labute approximate surface area is 97.7 Å². The van der Waals surface area contributed by atoms with Crippen LogP contribution in [0.1, 0.15) is 0 Å². The summed E-state index contributed by atoms with van der Waals surface area (Å²) in [7, 11) is 0. The smallest absolute Gasteiger partial charge is 0.250 e. The number of nitrogens with one attached hydrogen (secondary N) is 1. The number of benzene rings is 1. The van der Waals surface area contributed by atoms with Crippen LogP contribution in [0.5, 0.6) is 0 Å². The SMILES string of the molecule is Nc1ccc(F)c(NC(=O)COC2COC2)c1. The molecule has 0 atom stereocenters. The van der Waals surface area contributed by atoms with Crippen molar-refractivity contribution in [3.8, 4) is 0 Å². The molecule has 0 radical (unpaired) electrons. The van der Waals surface area contributed by atoms with Crippen molar-refractivity contribution in [2.75, 3.05) is 30.9 Å². The van der Waals surface area contributed by atoms with Crippen LogP contribution in [0.3, 0.4) is 0 Å². The van der Waals surface area contributed by atoms with Crippen LogP contribution in [-0.2, 0) is 14.3 Å². The van der Waals surface area contributed by atoms with Gasteiger partial charge in [0, 0.05) is 5.69 Å². The molecule has 1 aromatic carbocycles. The molecule has 6 heteroatoms. The highest BCUT2D eigenvalue weighted by Gasteiger charge is 2.20. The Bertz CT molecular complexity index is 421. The zero-order chi connectivity index (χ0) is 12.3. The summed E-state index contributed by atoms with van der Waals surface area (Å²) < 4.78 is 23.4. The van der Waals surface area contributed by atoms with Crippen LogP contribution in [-0.4, -0.2) is 31.8 Å². The maximum atomic E-state index is 13.3. The summed E-state index contributed by atoms with van der Waals surface area (Å²) in [6, 6.07) is 3.98. The molecule has 1 heterocycles. The molecule has 1 saturated heterocycles. The summed E-state index contributed by atoms with van der Waals surface area (Å²) in [5.41, 5.74) is 5.93. The third kappa shape index (κ3) is 3.15. The fraction of sp³-hybridized carbons (Fsp3) is 0.364. The first kappa shape index (κ1) is 11.8. The minimum Gasteiger partial charge on any atom is -0.399 e. The van der Waals surface area contributed by atoms with Crippen molar-refractivity contribution in [3.05, 3.63) is 24.0 Å². The quantitative estimate of drug-likeness (QED) is 0.762. The standard InChI is InChI=1S/C11H13FN2O3/c12-9-2-1-7(13)3-10(9)14-11(15)6-17-8-4-16-5-8/h1-3,8H,4-6,13H2,(H,14,15). The number of hydrogen-bond acceptors (Lipinski definition) is 4. The van der Waals surface area contributed by atoms with E-state index in [9.17, 15) is 9.18 Å². The molecule has 0 aliphatic carbocycles. The highest BCUT2D eigenvalue weighted by molar-refractivity contribution is 5.92. The van der Waals surface area contributed by atoms with Crippen LogP contribution in [0.4, 0.5) is 15.8 Å². The zero-order valence-electron chi connectivity index (χ0n) is 9.11. The van der Waals surface area contributed by atoms with Gasteiger partial charge in [-0.2, -0.15) is 0 Å². The van der Waals surface area contributed by atoms with Crippen molar-refractivity contribution in [1.29, 1.82) is 0 Å². The lowest BCUT2D eigenvalue weighted by molar-refractivity contribution is -0.144. The predicted octanol–water partition coefficient (Wildman–Crippen LogP) is 0.762. The van der Waals surface area contributed by atoms with Gasteiger partial charge in [0.05, 0.1) is 18.9 Å². The molecule has 5 nitrogen and oxygen atoms in total. The van der Waals surface area contributed by atoms with Crippen molar-refractivity contribution in [1.82, 2.24) is 0 Å². The zero-order valence-corrected chi connectivity index (χ0v) is 9.11. The number of nitrogens with two attached hydrogens (primary N) is 1. The van der Waals surface area contributed by atoms with Gasteiger partial charge in [0.15, 0.2) is 0 Å². The Morgan fingerprint density at radius 1 is 1.59 bits per heavy atom. The molecule has 92 valence electrons. The number of carbonyl (C=O) groups is 1. The molecule has 3 N–H and O–H groups in total. The van der Waals surface area contributed by atoms with E-state index < -0.39 is 11.7 Å². The third-order valence-corrected chi connectivity index (χ3v) is 2.32. The van der Waals surface area contributed by atoms with Crippen LogP contribution >= 0.6 is 0 Å². The number of carbonyl (C=O) groups excluding carboxylic acids is 1. The first-order valence-corrected chi connectivity index (χ1v) is 5.19. The molecular weight excluding hydrogens is 227 g/mol. The van der Waals surface area contributed by atoms with E-state index in [4.69, 9.17) is 15.2 Å². The number of nitrogen functional groups attached to an aromatic ring is 1. The number of hydrogen-bond donors (Lipinski definition) is 2. The predicted molar refractivity (Wildman–Crippen MR) is 60.0 cm³/mol. The van der Waals surface area contributed by atoms with Gasteiger partial charge < -0.3 is 20.5 Å². The summed E-state index contributed by atoms with van der Waals surface area (Å²) in [6.45, 7) is 0.877. The highest BCUT2D eigenvalue weighted by atomic mass is 19.1. The van der Waals surface area contributed by atoms with Crippen molar-refractivity contribution in [2.45, 2.75) is 6.10 Å². The molecule has 17 heavy (non-hydrogen) atoms. The van der Waals surface area contributed by atoms with E-state index in [0.29, 0.717) is 18.9 Å². The Morgan fingerprint density at radius 3 is 3.00 bits per heavy atom. The van der Waals surface area contributed by atoms with Gasteiger partial charge >= 0.3 is 0 Å². The van der Waals surface area contributed by atoms with Gasteiger partial charge in [-0.05, 0) is 18.2 Å². The molecule has 1 aliphatic rings. The normalized spacial score (nSPS) is 15.4. The maximum absolute atomic E-state index is 13.3. The van der Waals surface area contributed by atoms with Crippen molar-refractivity contribution >= 4 is 17.3 Å². The molecular formula is C11H13FN2O3. The Kier molecular flexibility index (Phi) is 3.55. The van der Waals surface area contributed by atoms with Crippen LogP contribution in [0.25, 0.3) is 0 Å². The van der Waals surface area contributed by atoms with E-state index in [1.54, 1.807) is 0 Å². The number of anilines is 2. The van der Waals surface area contributed by atoms with Gasteiger partial charge in [-0.25, -0.2) is 4.39 Å². The van der Waals surface area contributed by atoms with Crippen LogP contribution < -0.4 is 11.1 Å². The van der Waals surface area contributed by atoms with E-state index in [-0.39, 0.29) is 18.4 Å². The largest absolute Gasteiger partial charge is 0.399 e. The van der Waals surface area contributed by atoms with E-state index in [0.717, 1.165) is 0 Å². The number of amides is 1. The monoisotopic (exact) mass is 240 g/mol. The molecule has 0 saturated carbocycles. The van der Waals surface area contributed by atoms with Crippen LogP contribution in [0, 0.1) is 5.82 Å². The van der Waals surface area contributed by atoms with Crippen molar-refractivity contribution < 1.29 is 18.7 Å². The van der Waals surface area contributed by atoms with Crippen LogP contribution in [0.15, 0.2) is 18.2 Å². The van der Waals surface area contributed by atoms with Gasteiger partial charge in [-0.3, -0.25) is 4.79 Å². The minimum atomic E-state index is -0.528. The number of rotatable bonds is 4. The van der Waals surface area contributed by atoms with Crippen molar-refractivity contribution in [2.24, 2.45) is 0 Å². The average Bonchev–Trinajstić information content (AvgIpc) is 2.21. The summed E-state index contributed by atoms with van der Waals surface area (Å²) in [4.78, 5) is 11.4. The first-order valence-electron chi connectivity index (χ1n) is 5.19. The van der Waals surface area contributed by atoms with Gasteiger partial charge in [0.1, 0.15) is 18.5 Å². The second-order valence-corrected chi connectivity index (χ2v) is 3.76. The molecule has 2 rings (SSSR count). The van der Waals surface area contributed by atoms with Crippen LogP contribution in [0.2, 0.25) is 0 Å². The van der Waals surface area contributed by atoms with Gasteiger partial charge in [0.2, 0.25) is 5.91 Å². The van der Waals surface area contributed by atoms with E-state index in [1.807, 2.05) is 0 Å². The topological polar surface area (TPSA) is 73.6 Å². The molecule has 0 spiro atoms. The third-order valence-electron chi connectivity index (χ3n) is 2.32. The lowest BCUT2D eigenvalue weighted by atomic mass is 10.2. The molecule has 1 fully saturated rings. The first-order chi connectivity index (χ1) is 8.15. The second kappa shape index (κ2) is 5.11. The summed E-state index contributed by atoms with van der Waals surface area (Å²) in [6.07, 6.45) is -0.0357. The average molecular weight is 240 g/mol. The van der Waals surface area contributed by atoms with E-state index in [2.05, 4.69) is 5.32 Å². The van der Waals surface area contributed by atoms with E-state index in [1.165, 1.54) is 18.2 Å². The van der Waals surface area contributed by atoms with Crippen molar-refractivity contribution in [3.63, 3.8) is 0 Å². The Morgan fingerprint density at radius 2 is 2.35 bits per heavy atom. The molecule has 0 bridgehead atoms. The van der Waals surface area contributed by atoms with E-state index >= 15 is 0 Å². The minimum absolute atomic E-state index is 0.0357. The Balaban J connectivity index is 1.86. The summed E-state index contributed by atoms with van der Waals surface area (Å²) in [5, 5.41) is 2.39. The number of ether oxygens (including phenoxy) is 2. The fourth-order valence-electron chi connectivity index (χ4n) is 1.33. The molecule has 1 aliphatic heterocycles. The number of halogens is 1. The summed E-state index contributed by atoms with van der Waals surface area (Å²) >= 11 is 0. The molecule has 0 aromatic heterocycles. The molecule has 0 unspecified atom stereocenters.